The first-order chi connectivity index (χ1) is 5.88. The third kappa shape index (κ3) is 3.03. The van der Waals surface area contributed by atoms with E-state index in [9.17, 15) is 0 Å². The van der Waals surface area contributed by atoms with Crippen LogP contribution < -0.4 is 51.4 Å². The normalized spacial score (nSPS) is 21.2. The average molecular weight is 220 g/mol. The van der Waals surface area contributed by atoms with E-state index >= 15 is 0 Å². The molecule has 1 aromatic carbocycles. The van der Waals surface area contributed by atoms with Gasteiger partial charge in [0.05, 0.1) is 0 Å². The van der Waals surface area contributed by atoms with Gasteiger partial charge in [-0.3, -0.25) is 0 Å². The fourth-order valence-corrected chi connectivity index (χ4v) is 1.88. The molecule has 1 saturated heterocycles. The molecule has 1 nitrogen and oxygen atoms in total. The molecule has 0 amide bonds. The standard InChI is InChI=1S/C10H11ClN.K/c11-9-5-2-1-4-8(9)10-6-3-7-12-10;/h1-2,4-5,10H,3,6-7H2;/q-1;+1. The summed E-state index contributed by atoms with van der Waals surface area (Å²) >= 11 is 6.04. The van der Waals surface area contributed by atoms with Crippen molar-refractivity contribution in [3.63, 3.8) is 0 Å². The maximum absolute atomic E-state index is 6.04. The third-order valence-electron chi connectivity index (χ3n) is 2.25. The van der Waals surface area contributed by atoms with E-state index in [1.807, 2.05) is 18.2 Å². The smallest absolute Gasteiger partial charge is 0.656 e. The molecule has 1 aliphatic rings. The molecule has 0 saturated carbocycles. The molecule has 1 fully saturated rings. The van der Waals surface area contributed by atoms with Crippen LogP contribution in [0.2, 0.25) is 5.02 Å². The van der Waals surface area contributed by atoms with Gasteiger partial charge in [-0.1, -0.05) is 42.6 Å². The molecule has 0 radical (unpaired) electrons. The zero-order valence-electron chi connectivity index (χ0n) is 7.83. The minimum Gasteiger partial charge on any atom is -0.656 e. The third-order valence-corrected chi connectivity index (χ3v) is 2.59. The van der Waals surface area contributed by atoms with Gasteiger partial charge in [-0.2, -0.15) is 0 Å². The molecule has 1 aliphatic heterocycles. The van der Waals surface area contributed by atoms with Crippen LogP contribution in [0.25, 0.3) is 5.32 Å². The van der Waals surface area contributed by atoms with Crippen molar-refractivity contribution in [3.05, 3.63) is 40.2 Å². The SMILES string of the molecule is Clc1ccccc1C1CCC[N-]1.[K+]. The molecule has 13 heavy (non-hydrogen) atoms. The van der Waals surface area contributed by atoms with Crippen molar-refractivity contribution in [1.82, 2.24) is 0 Å². The van der Waals surface area contributed by atoms with Gasteiger partial charge in [-0.05, 0) is 11.6 Å². The van der Waals surface area contributed by atoms with Gasteiger partial charge in [0.2, 0.25) is 0 Å². The predicted molar refractivity (Wildman–Crippen MR) is 51.7 cm³/mol. The first-order valence-corrected chi connectivity index (χ1v) is 4.67. The van der Waals surface area contributed by atoms with Crippen LogP contribution in [0.5, 0.6) is 0 Å². The molecule has 1 unspecified atom stereocenters. The Morgan fingerprint density at radius 3 is 2.69 bits per heavy atom. The van der Waals surface area contributed by atoms with Crippen molar-refractivity contribution < 1.29 is 51.4 Å². The Kier molecular flexibility index (Phi) is 5.49. The van der Waals surface area contributed by atoms with Crippen LogP contribution in [0.3, 0.4) is 0 Å². The summed E-state index contributed by atoms with van der Waals surface area (Å²) in [4.78, 5) is 0. The van der Waals surface area contributed by atoms with Crippen LogP contribution in [0, 0.1) is 0 Å². The molecule has 0 N–H and O–H groups in total. The molecule has 0 bridgehead atoms. The van der Waals surface area contributed by atoms with Crippen LogP contribution in [0.1, 0.15) is 24.4 Å². The van der Waals surface area contributed by atoms with Crippen LogP contribution >= 0.6 is 11.6 Å². The summed E-state index contributed by atoms with van der Waals surface area (Å²) in [6.45, 7) is 0.996. The van der Waals surface area contributed by atoms with Gasteiger partial charge >= 0.3 is 51.4 Å². The second kappa shape index (κ2) is 5.86. The minimum absolute atomic E-state index is 0. The molecular weight excluding hydrogens is 209 g/mol. The maximum Gasteiger partial charge on any atom is 1.00 e. The molecule has 1 heterocycles. The predicted octanol–water partition coefficient (Wildman–Crippen LogP) is 0.553. The van der Waals surface area contributed by atoms with Gasteiger partial charge in [0, 0.05) is 5.02 Å². The van der Waals surface area contributed by atoms with E-state index in [-0.39, 0.29) is 51.4 Å². The number of hydrogen-bond acceptors (Lipinski definition) is 0. The molecule has 2 rings (SSSR count). The number of benzene rings is 1. The Balaban J connectivity index is 0.000000845. The molecule has 1 aromatic rings. The fraction of sp³-hybridized carbons (Fsp3) is 0.400. The molecule has 3 heteroatoms. The summed E-state index contributed by atoms with van der Waals surface area (Å²) in [5.41, 5.74) is 1.19. The Labute approximate surface area is 127 Å². The van der Waals surface area contributed by atoms with Gasteiger partial charge in [0.1, 0.15) is 0 Å². The monoisotopic (exact) mass is 219 g/mol. The maximum atomic E-state index is 6.04. The summed E-state index contributed by atoms with van der Waals surface area (Å²) < 4.78 is 0. The second-order valence-corrected chi connectivity index (χ2v) is 3.49. The molecule has 0 aromatic heterocycles. The van der Waals surface area contributed by atoms with E-state index in [4.69, 9.17) is 11.6 Å². The van der Waals surface area contributed by atoms with Gasteiger partial charge in [-0.15, -0.1) is 12.6 Å². The van der Waals surface area contributed by atoms with E-state index in [0.717, 1.165) is 18.0 Å². The van der Waals surface area contributed by atoms with Crippen molar-refractivity contribution in [3.8, 4) is 0 Å². The van der Waals surface area contributed by atoms with Crippen molar-refractivity contribution >= 4 is 11.6 Å². The quantitative estimate of drug-likeness (QED) is 0.613. The zero-order valence-corrected chi connectivity index (χ0v) is 11.7. The Morgan fingerprint density at radius 1 is 1.31 bits per heavy atom. The molecular formula is C10H11ClKN. The Morgan fingerprint density at radius 2 is 2.08 bits per heavy atom. The van der Waals surface area contributed by atoms with Gasteiger partial charge in [0.25, 0.3) is 0 Å². The number of hydrogen-bond donors (Lipinski definition) is 0. The van der Waals surface area contributed by atoms with Crippen molar-refractivity contribution in [1.29, 1.82) is 0 Å². The van der Waals surface area contributed by atoms with Gasteiger partial charge < -0.3 is 5.32 Å². The minimum atomic E-state index is 0. The van der Waals surface area contributed by atoms with E-state index in [2.05, 4.69) is 11.4 Å². The Hall–Kier alpha value is 1.11. The van der Waals surface area contributed by atoms with E-state index in [0.29, 0.717) is 6.04 Å². The zero-order chi connectivity index (χ0) is 8.39. The molecule has 64 valence electrons. The summed E-state index contributed by atoms with van der Waals surface area (Å²) in [6, 6.07) is 8.35. The van der Waals surface area contributed by atoms with Gasteiger partial charge in [-0.25, -0.2) is 0 Å². The summed E-state index contributed by atoms with van der Waals surface area (Å²) in [5.74, 6) is 0. The number of nitrogens with zero attached hydrogens (tertiary/aromatic N) is 1. The van der Waals surface area contributed by atoms with Crippen LogP contribution in [0.4, 0.5) is 0 Å². The molecule has 0 spiro atoms. The Bertz CT molecular complexity index is 271. The van der Waals surface area contributed by atoms with Crippen LogP contribution in [0.15, 0.2) is 24.3 Å². The van der Waals surface area contributed by atoms with E-state index < -0.39 is 0 Å². The van der Waals surface area contributed by atoms with E-state index in [1.54, 1.807) is 0 Å². The largest absolute Gasteiger partial charge is 1.00 e. The first kappa shape index (κ1) is 12.2. The summed E-state index contributed by atoms with van der Waals surface area (Å²) in [5, 5.41) is 5.34. The van der Waals surface area contributed by atoms with Crippen molar-refractivity contribution in [2.24, 2.45) is 0 Å². The summed E-state index contributed by atoms with van der Waals surface area (Å²) in [7, 11) is 0. The van der Waals surface area contributed by atoms with Crippen molar-refractivity contribution in [2.75, 3.05) is 6.54 Å². The summed E-state index contributed by atoms with van der Waals surface area (Å²) in [6.07, 6.45) is 2.36. The fourth-order valence-electron chi connectivity index (χ4n) is 1.62. The van der Waals surface area contributed by atoms with Crippen LogP contribution in [-0.4, -0.2) is 6.54 Å². The van der Waals surface area contributed by atoms with E-state index in [1.165, 1.54) is 12.0 Å². The van der Waals surface area contributed by atoms with Gasteiger partial charge in [0.15, 0.2) is 0 Å². The molecule has 0 aliphatic carbocycles. The number of halogens is 1. The second-order valence-electron chi connectivity index (χ2n) is 3.09. The van der Waals surface area contributed by atoms with Crippen LogP contribution in [-0.2, 0) is 0 Å². The van der Waals surface area contributed by atoms with Crippen molar-refractivity contribution in [2.45, 2.75) is 18.9 Å². The molecule has 1 atom stereocenters. The topological polar surface area (TPSA) is 14.1 Å². The average Bonchev–Trinajstić information content (AvgIpc) is 2.57. The number of rotatable bonds is 1. The first-order valence-electron chi connectivity index (χ1n) is 4.29.